The number of aliphatic hydroxyl groups is 1. The predicted molar refractivity (Wildman–Crippen MR) is 69.1 cm³/mol. The highest BCUT2D eigenvalue weighted by atomic mass is 16.4. The smallest absolute Gasteiger partial charge is 0.326 e. The molecule has 2 rings (SSSR count). The maximum atomic E-state index is 12.1. The Hall–Kier alpha value is -2.02. The van der Waals surface area contributed by atoms with Crippen molar-refractivity contribution in [3.05, 3.63) is 23.7 Å². The SMILES string of the molecule is Cc1ccc(C(C)NC(=O)N2CC(O)CC2C(=O)O)o1. The molecule has 3 N–H and O–H groups in total. The zero-order chi connectivity index (χ0) is 14.9. The Morgan fingerprint density at radius 3 is 2.75 bits per heavy atom. The number of aliphatic hydroxyl groups excluding tert-OH is 1. The Labute approximate surface area is 116 Å². The Morgan fingerprint density at radius 1 is 1.50 bits per heavy atom. The molecule has 3 atom stereocenters. The number of carboxylic acids is 1. The van der Waals surface area contributed by atoms with Crippen LogP contribution in [0.3, 0.4) is 0 Å². The molecule has 0 aliphatic carbocycles. The maximum absolute atomic E-state index is 12.1. The topological polar surface area (TPSA) is 103 Å². The van der Waals surface area contributed by atoms with Crippen LogP contribution < -0.4 is 5.32 Å². The molecule has 0 saturated carbocycles. The standard InChI is InChI=1S/C13H18N2O5/c1-7-3-4-11(20-7)8(2)14-13(19)15-6-9(16)5-10(15)12(17)18/h3-4,8-10,16H,5-6H2,1-2H3,(H,14,19)(H,17,18). The van der Waals surface area contributed by atoms with Crippen LogP contribution in [0, 0.1) is 6.92 Å². The van der Waals surface area contributed by atoms with Crippen LogP contribution in [0.1, 0.15) is 30.9 Å². The van der Waals surface area contributed by atoms with Crippen LogP contribution >= 0.6 is 0 Å². The number of carbonyl (C=O) groups excluding carboxylic acids is 1. The number of aryl methyl sites for hydroxylation is 1. The van der Waals surface area contributed by atoms with Crippen LogP contribution in [0.25, 0.3) is 0 Å². The molecule has 1 aliphatic heterocycles. The second-order valence-corrected chi connectivity index (χ2v) is 5.02. The number of hydrogen-bond donors (Lipinski definition) is 3. The van der Waals surface area contributed by atoms with Crippen molar-refractivity contribution in [2.24, 2.45) is 0 Å². The molecule has 1 aromatic heterocycles. The number of urea groups is 1. The molecule has 7 heteroatoms. The van der Waals surface area contributed by atoms with E-state index in [4.69, 9.17) is 9.52 Å². The Kier molecular flexibility index (Phi) is 3.99. The normalized spacial score (nSPS) is 23.6. The summed E-state index contributed by atoms with van der Waals surface area (Å²) < 4.78 is 5.41. The molecule has 1 fully saturated rings. The van der Waals surface area contributed by atoms with Crippen molar-refractivity contribution in [3.8, 4) is 0 Å². The molecule has 3 unspecified atom stereocenters. The summed E-state index contributed by atoms with van der Waals surface area (Å²) in [5, 5.41) is 21.2. The molecule has 7 nitrogen and oxygen atoms in total. The lowest BCUT2D eigenvalue weighted by atomic mass is 10.2. The molecule has 0 spiro atoms. The molecule has 2 amide bonds. The molecule has 0 aromatic carbocycles. The fourth-order valence-corrected chi connectivity index (χ4v) is 2.30. The number of likely N-dealkylation sites (tertiary alicyclic amines) is 1. The van der Waals surface area contributed by atoms with Gasteiger partial charge in [-0.2, -0.15) is 0 Å². The minimum atomic E-state index is -1.11. The molecular formula is C13H18N2O5. The van der Waals surface area contributed by atoms with Crippen molar-refractivity contribution in [2.45, 2.75) is 38.5 Å². The largest absolute Gasteiger partial charge is 0.480 e. The number of furan rings is 1. The second-order valence-electron chi connectivity index (χ2n) is 5.02. The van der Waals surface area contributed by atoms with E-state index < -0.39 is 24.1 Å². The van der Waals surface area contributed by atoms with Gasteiger partial charge >= 0.3 is 12.0 Å². The first-order valence-electron chi connectivity index (χ1n) is 6.43. The van der Waals surface area contributed by atoms with E-state index >= 15 is 0 Å². The van der Waals surface area contributed by atoms with Gasteiger partial charge in [0.25, 0.3) is 0 Å². The second kappa shape index (κ2) is 5.54. The maximum Gasteiger partial charge on any atom is 0.326 e. The monoisotopic (exact) mass is 282 g/mol. The summed E-state index contributed by atoms with van der Waals surface area (Å²) >= 11 is 0. The average molecular weight is 282 g/mol. The van der Waals surface area contributed by atoms with Crippen LogP contribution in [0.5, 0.6) is 0 Å². The van der Waals surface area contributed by atoms with Gasteiger partial charge in [0.15, 0.2) is 0 Å². The number of carbonyl (C=O) groups is 2. The molecule has 1 aromatic rings. The molecule has 110 valence electrons. The molecular weight excluding hydrogens is 264 g/mol. The van der Waals surface area contributed by atoms with Crippen LogP contribution in [0.2, 0.25) is 0 Å². The summed E-state index contributed by atoms with van der Waals surface area (Å²) in [6.07, 6.45) is -0.750. The van der Waals surface area contributed by atoms with Crippen LogP contribution in [-0.4, -0.2) is 45.8 Å². The first-order chi connectivity index (χ1) is 9.38. The van der Waals surface area contributed by atoms with E-state index in [1.807, 2.05) is 0 Å². The van der Waals surface area contributed by atoms with E-state index in [9.17, 15) is 14.7 Å². The molecule has 2 heterocycles. The zero-order valence-electron chi connectivity index (χ0n) is 11.4. The summed E-state index contributed by atoms with van der Waals surface area (Å²) in [7, 11) is 0. The van der Waals surface area contributed by atoms with Gasteiger partial charge in [-0.3, -0.25) is 0 Å². The van der Waals surface area contributed by atoms with Gasteiger partial charge in [0.05, 0.1) is 12.1 Å². The van der Waals surface area contributed by atoms with Crippen molar-refractivity contribution >= 4 is 12.0 Å². The van der Waals surface area contributed by atoms with Crippen molar-refractivity contribution in [3.63, 3.8) is 0 Å². The Balaban J connectivity index is 2.02. The first-order valence-corrected chi connectivity index (χ1v) is 6.43. The summed E-state index contributed by atoms with van der Waals surface area (Å²) in [5.41, 5.74) is 0. The fourth-order valence-electron chi connectivity index (χ4n) is 2.30. The lowest BCUT2D eigenvalue weighted by Crippen LogP contribution is -2.46. The van der Waals surface area contributed by atoms with Gasteiger partial charge in [-0.25, -0.2) is 9.59 Å². The van der Waals surface area contributed by atoms with Crippen molar-refractivity contribution < 1.29 is 24.2 Å². The minimum absolute atomic E-state index is 0.0205. The number of aliphatic carboxylic acids is 1. The van der Waals surface area contributed by atoms with Gasteiger partial charge in [0.2, 0.25) is 0 Å². The minimum Gasteiger partial charge on any atom is -0.480 e. The lowest BCUT2D eigenvalue weighted by molar-refractivity contribution is -0.141. The van der Waals surface area contributed by atoms with Crippen molar-refractivity contribution in [1.82, 2.24) is 10.2 Å². The third kappa shape index (κ3) is 2.93. The zero-order valence-corrected chi connectivity index (χ0v) is 11.4. The van der Waals surface area contributed by atoms with Gasteiger partial charge < -0.3 is 24.8 Å². The van der Waals surface area contributed by atoms with E-state index in [-0.39, 0.29) is 19.0 Å². The number of nitrogens with zero attached hydrogens (tertiary/aromatic N) is 1. The summed E-state index contributed by atoms with van der Waals surface area (Å²) in [6, 6.07) is 1.67. The summed E-state index contributed by atoms with van der Waals surface area (Å²) in [4.78, 5) is 24.3. The van der Waals surface area contributed by atoms with E-state index in [2.05, 4.69) is 5.32 Å². The molecule has 0 bridgehead atoms. The Bertz CT molecular complexity index is 513. The summed E-state index contributed by atoms with van der Waals surface area (Å²) in [5.74, 6) is 0.224. The third-order valence-electron chi connectivity index (χ3n) is 3.35. The van der Waals surface area contributed by atoms with Gasteiger partial charge in [-0.15, -0.1) is 0 Å². The van der Waals surface area contributed by atoms with E-state index in [0.29, 0.717) is 5.76 Å². The number of rotatable bonds is 3. The molecule has 0 radical (unpaired) electrons. The average Bonchev–Trinajstić information content (AvgIpc) is 2.95. The van der Waals surface area contributed by atoms with E-state index in [0.717, 1.165) is 10.7 Å². The highest BCUT2D eigenvalue weighted by molar-refractivity contribution is 5.83. The number of carboxylic acid groups (broad SMARTS) is 1. The van der Waals surface area contributed by atoms with Crippen LogP contribution in [0.15, 0.2) is 16.5 Å². The fraction of sp³-hybridized carbons (Fsp3) is 0.538. The van der Waals surface area contributed by atoms with Gasteiger partial charge in [-0.1, -0.05) is 0 Å². The Morgan fingerprint density at radius 2 is 2.20 bits per heavy atom. The highest BCUT2D eigenvalue weighted by Crippen LogP contribution is 2.20. The van der Waals surface area contributed by atoms with E-state index in [1.54, 1.807) is 26.0 Å². The molecule has 1 aliphatic rings. The van der Waals surface area contributed by atoms with Crippen LogP contribution in [0.4, 0.5) is 4.79 Å². The number of amides is 2. The number of β-amino-alcohol motifs (C(OH)–C–C–N with tert-alkyl or cyclic N) is 1. The number of hydrogen-bond acceptors (Lipinski definition) is 4. The predicted octanol–water partition coefficient (Wildman–Crippen LogP) is 0.878. The summed E-state index contributed by atoms with van der Waals surface area (Å²) in [6.45, 7) is 3.57. The van der Waals surface area contributed by atoms with Gasteiger partial charge in [0, 0.05) is 13.0 Å². The van der Waals surface area contributed by atoms with Gasteiger partial charge in [-0.05, 0) is 26.0 Å². The van der Waals surface area contributed by atoms with Crippen molar-refractivity contribution in [1.29, 1.82) is 0 Å². The number of nitrogens with one attached hydrogen (secondary N) is 1. The van der Waals surface area contributed by atoms with E-state index in [1.165, 1.54) is 0 Å². The van der Waals surface area contributed by atoms with Crippen LogP contribution in [-0.2, 0) is 4.79 Å². The highest BCUT2D eigenvalue weighted by Gasteiger charge is 2.39. The van der Waals surface area contributed by atoms with Gasteiger partial charge in [0.1, 0.15) is 17.6 Å². The van der Waals surface area contributed by atoms with Crippen molar-refractivity contribution in [2.75, 3.05) is 6.54 Å². The lowest BCUT2D eigenvalue weighted by Gasteiger charge is -2.23. The molecule has 20 heavy (non-hydrogen) atoms. The third-order valence-corrected chi connectivity index (χ3v) is 3.35. The first kappa shape index (κ1) is 14.4. The molecule has 1 saturated heterocycles. The quantitative estimate of drug-likeness (QED) is 0.763.